The molecule has 0 unspecified atom stereocenters. The van der Waals surface area contributed by atoms with Crippen molar-refractivity contribution in [2.45, 2.75) is 32.2 Å². The molecule has 0 saturated heterocycles. The van der Waals surface area contributed by atoms with Gasteiger partial charge in [-0.25, -0.2) is 4.98 Å². The molecule has 0 radical (unpaired) electrons. The number of nitrogens with zero attached hydrogens (tertiary/aromatic N) is 1. The summed E-state index contributed by atoms with van der Waals surface area (Å²) >= 11 is 1.84. The number of pyridine rings is 1. The Morgan fingerprint density at radius 1 is 1.33 bits per heavy atom. The first-order valence-corrected chi connectivity index (χ1v) is 5.29. The van der Waals surface area contributed by atoms with Crippen LogP contribution in [-0.2, 0) is 0 Å². The van der Waals surface area contributed by atoms with Gasteiger partial charge in [-0.15, -0.1) is 11.8 Å². The second-order valence-electron chi connectivity index (χ2n) is 2.97. The standard InChI is InChI=1S/C10H15NS/c1-4-5-12-10-7-8(2)6-9(3)11-10/h6-7H,4-5H2,1-3H3. The zero-order valence-electron chi connectivity index (χ0n) is 7.92. The first kappa shape index (κ1) is 9.59. The molecule has 0 aliphatic heterocycles. The Bertz CT molecular complexity index is 238. The number of thioether (sulfide) groups is 1. The lowest BCUT2D eigenvalue weighted by Gasteiger charge is -2.01. The molecule has 1 heterocycles. The highest BCUT2D eigenvalue weighted by atomic mass is 32.2. The molecular weight excluding hydrogens is 166 g/mol. The largest absolute Gasteiger partial charge is 0.247 e. The normalized spacial score (nSPS) is 10.2. The Balaban J connectivity index is 2.72. The highest BCUT2D eigenvalue weighted by Crippen LogP contribution is 2.17. The minimum absolute atomic E-state index is 1.12. The molecule has 1 rings (SSSR count). The number of aryl methyl sites for hydroxylation is 2. The second-order valence-corrected chi connectivity index (χ2v) is 4.09. The van der Waals surface area contributed by atoms with Crippen LogP contribution >= 0.6 is 11.8 Å². The lowest BCUT2D eigenvalue weighted by Crippen LogP contribution is -1.87. The lowest BCUT2D eigenvalue weighted by molar-refractivity contribution is 1.03. The van der Waals surface area contributed by atoms with Crippen LogP contribution in [-0.4, -0.2) is 10.7 Å². The van der Waals surface area contributed by atoms with Crippen molar-refractivity contribution in [1.82, 2.24) is 4.98 Å². The minimum Gasteiger partial charge on any atom is -0.247 e. The van der Waals surface area contributed by atoms with Crippen LogP contribution in [0.2, 0.25) is 0 Å². The van der Waals surface area contributed by atoms with Crippen molar-refractivity contribution in [2.24, 2.45) is 0 Å². The van der Waals surface area contributed by atoms with Gasteiger partial charge in [-0.3, -0.25) is 0 Å². The Morgan fingerprint density at radius 3 is 2.67 bits per heavy atom. The summed E-state index contributed by atoms with van der Waals surface area (Å²) in [4.78, 5) is 4.43. The molecule has 0 aliphatic carbocycles. The van der Waals surface area contributed by atoms with Gasteiger partial charge in [0.05, 0.1) is 5.03 Å². The highest BCUT2D eigenvalue weighted by molar-refractivity contribution is 7.99. The summed E-state index contributed by atoms with van der Waals surface area (Å²) in [6, 6.07) is 4.25. The van der Waals surface area contributed by atoms with E-state index in [0.717, 1.165) is 16.5 Å². The van der Waals surface area contributed by atoms with Crippen molar-refractivity contribution in [3.8, 4) is 0 Å². The number of hydrogen-bond acceptors (Lipinski definition) is 2. The summed E-state index contributed by atoms with van der Waals surface area (Å²) in [5.41, 5.74) is 2.43. The summed E-state index contributed by atoms with van der Waals surface area (Å²) in [7, 11) is 0. The minimum atomic E-state index is 1.12. The van der Waals surface area contributed by atoms with E-state index in [4.69, 9.17) is 0 Å². The third-order valence-corrected chi connectivity index (χ3v) is 2.65. The fourth-order valence-corrected chi connectivity index (χ4v) is 1.98. The summed E-state index contributed by atoms with van der Waals surface area (Å²) in [5, 5.41) is 1.16. The van der Waals surface area contributed by atoms with Crippen molar-refractivity contribution in [3.63, 3.8) is 0 Å². The van der Waals surface area contributed by atoms with E-state index in [-0.39, 0.29) is 0 Å². The van der Waals surface area contributed by atoms with Crippen molar-refractivity contribution in [3.05, 3.63) is 23.4 Å². The molecule has 0 amide bonds. The molecule has 12 heavy (non-hydrogen) atoms. The molecule has 0 saturated carbocycles. The summed E-state index contributed by atoms with van der Waals surface area (Å²) in [5.74, 6) is 1.16. The molecule has 0 fully saturated rings. The van der Waals surface area contributed by atoms with Gasteiger partial charge in [0.1, 0.15) is 0 Å². The van der Waals surface area contributed by atoms with Gasteiger partial charge in [0, 0.05) is 5.69 Å². The van der Waals surface area contributed by atoms with Crippen LogP contribution in [0.5, 0.6) is 0 Å². The smallest absolute Gasteiger partial charge is 0.0965 e. The predicted octanol–water partition coefficient (Wildman–Crippen LogP) is 3.20. The van der Waals surface area contributed by atoms with Gasteiger partial charge in [0.2, 0.25) is 0 Å². The zero-order chi connectivity index (χ0) is 8.97. The lowest BCUT2D eigenvalue weighted by atomic mass is 10.3. The molecule has 0 atom stereocenters. The second kappa shape index (κ2) is 4.51. The fourth-order valence-electron chi connectivity index (χ4n) is 1.08. The van der Waals surface area contributed by atoms with Gasteiger partial charge >= 0.3 is 0 Å². The molecule has 0 N–H and O–H groups in total. The third kappa shape index (κ3) is 2.86. The molecule has 1 nitrogen and oxygen atoms in total. The molecule has 2 heteroatoms. The van der Waals surface area contributed by atoms with Gasteiger partial charge in [-0.2, -0.15) is 0 Å². The van der Waals surface area contributed by atoms with Crippen LogP contribution < -0.4 is 0 Å². The van der Waals surface area contributed by atoms with E-state index in [1.807, 2.05) is 18.7 Å². The van der Waals surface area contributed by atoms with Crippen LogP contribution in [0.1, 0.15) is 24.6 Å². The van der Waals surface area contributed by atoms with E-state index in [2.05, 4.69) is 31.0 Å². The Kier molecular flexibility index (Phi) is 3.60. The zero-order valence-corrected chi connectivity index (χ0v) is 8.74. The van der Waals surface area contributed by atoms with Gasteiger partial charge in [-0.1, -0.05) is 6.92 Å². The van der Waals surface area contributed by atoms with Crippen LogP contribution in [0, 0.1) is 13.8 Å². The van der Waals surface area contributed by atoms with Crippen LogP contribution in [0.25, 0.3) is 0 Å². The van der Waals surface area contributed by atoms with E-state index >= 15 is 0 Å². The molecule has 0 aromatic carbocycles. The fraction of sp³-hybridized carbons (Fsp3) is 0.500. The topological polar surface area (TPSA) is 12.9 Å². The van der Waals surface area contributed by atoms with Crippen molar-refractivity contribution in [2.75, 3.05) is 5.75 Å². The maximum Gasteiger partial charge on any atom is 0.0965 e. The van der Waals surface area contributed by atoms with E-state index in [1.165, 1.54) is 12.0 Å². The van der Waals surface area contributed by atoms with E-state index in [0.29, 0.717) is 0 Å². The molecule has 0 spiro atoms. The quantitative estimate of drug-likeness (QED) is 0.664. The maximum absolute atomic E-state index is 4.43. The van der Waals surface area contributed by atoms with Crippen molar-refractivity contribution in [1.29, 1.82) is 0 Å². The Labute approximate surface area is 78.6 Å². The van der Waals surface area contributed by atoms with Crippen LogP contribution in [0.15, 0.2) is 17.2 Å². The maximum atomic E-state index is 4.43. The summed E-state index contributed by atoms with van der Waals surface area (Å²) in [6.45, 7) is 6.35. The number of hydrogen-bond donors (Lipinski definition) is 0. The molecule has 0 bridgehead atoms. The third-order valence-electron chi connectivity index (χ3n) is 1.53. The first-order valence-electron chi connectivity index (χ1n) is 4.30. The molecule has 66 valence electrons. The highest BCUT2D eigenvalue weighted by Gasteiger charge is 1.96. The average Bonchev–Trinajstić information content (AvgIpc) is 1.99. The number of rotatable bonds is 3. The Morgan fingerprint density at radius 2 is 2.08 bits per heavy atom. The molecular formula is C10H15NS. The van der Waals surface area contributed by atoms with Gasteiger partial charge < -0.3 is 0 Å². The predicted molar refractivity (Wildman–Crippen MR) is 54.7 cm³/mol. The van der Waals surface area contributed by atoms with Crippen LogP contribution in [0.3, 0.4) is 0 Å². The summed E-state index contributed by atoms with van der Waals surface area (Å²) in [6.07, 6.45) is 1.21. The SMILES string of the molecule is CCCSc1cc(C)cc(C)n1. The van der Waals surface area contributed by atoms with Crippen molar-refractivity contribution >= 4 is 11.8 Å². The van der Waals surface area contributed by atoms with Gasteiger partial charge in [-0.05, 0) is 43.7 Å². The molecule has 1 aromatic rings. The van der Waals surface area contributed by atoms with E-state index < -0.39 is 0 Å². The van der Waals surface area contributed by atoms with Gasteiger partial charge in [0.15, 0.2) is 0 Å². The molecule has 1 aromatic heterocycles. The van der Waals surface area contributed by atoms with E-state index in [1.54, 1.807) is 0 Å². The number of aromatic nitrogens is 1. The first-order chi connectivity index (χ1) is 5.72. The Hall–Kier alpha value is -0.500. The van der Waals surface area contributed by atoms with E-state index in [9.17, 15) is 0 Å². The van der Waals surface area contributed by atoms with Crippen molar-refractivity contribution < 1.29 is 0 Å². The molecule has 0 aliphatic rings. The average molecular weight is 181 g/mol. The monoisotopic (exact) mass is 181 g/mol. The summed E-state index contributed by atoms with van der Waals surface area (Å²) < 4.78 is 0. The van der Waals surface area contributed by atoms with Gasteiger partial charge in [0.25, 0.3) is 0 Å². The van der Waals surface area contributed by atoms with Crippen LogP contribution in [0.4, 0.5) is 0 Å².